The SMILES string of the molecule is COCC(N)C(=O)NCC1CN2CCCC2CO1. The molecular formula is C12H23N3O3. The van der Waals surface area contributed by atoms with E-state index in [2.05, 4.69) is 10.2 Å². The molecule has 2 saturated heterocycles. The minimum Gasteiger partial charge on any atom is -0.383 e. The van der Waals surface area contributed by atoms with Gasteiger partial charge in [-0.1, -0.05) is 0 Å². The molecule has 0 saturated carbocycles. The summed E-state index contributed by atoms with van der Waals surface area (Å²) in [5.41, 5.74) is 5.64. The van der Waals surface area contributed by atoms with Crippen LogP contribution in [-0.4, -0.2) is 69.0 Å². The van der Waals surface area contributed by atoms with Crippen LogP contribution in [0.5, 0.6) is 0 Å². The van der Waals surface area contributed by atoms with E-state index in [1.54, 1.807) is 0 Å². The lowest BCUT2D eigenvalue weighted by Crippen LogP contribution is -2.52. The number of nitrogens with one attached hydrogen (secondary N) is 1. The fourth-order valence-electron chi connectivity index (χ4n) is 2.61. The molecule has 2 fully saturated rings. The average Bonchev–Trinajstić information content (AvgIpc) is 2.83. The van der Waals surface area contributed by atoms with Crippen LogP contribution in [0, 0.1) is 0 Å². The van der Waals surface area contributed by atoms with Crippen LogP contribution in [0.1, 0.15) is 12.8 Å². The maximum atomic E-state index is 11.6. The standard InChI is InChI=1S/C12H23N3O3/c1-17-8-11(13)12(16)14-5-10-6-15-4-2-3-9(15)7-18-10/h9-11H,2-8,13H2,1H3,(H,14,16). The lowest BCUT2D eigenvalue weighted by atomic mass is 10.2. The number of amides is 1. The molecule has 0 radical (unpaired) electrons. The van der Waals surface area contributed by atoms with E-state index in [9.17, 15) is 4.79 Å². The number of hydrogen-bond donors (Lipinski definition) is 2. The zero-order chi connectivity index (χ0) is 13.0. The van der Waals surface area contributed by atoms with Crippen molar-refractivity contribution in [2.24, 2.45) is 5.73 Å². The highest BCUT2D eigenvalue weighted by molar-refractivity contribution is 5.81. The Labute approximate surface area is 108 Å². The van der Waals surface area contributed by atoms with Crippen LogP contribution in [0.3, 0.4) is 0 Å². The summed E-state index contributed by atoms with van der Waals surface area (Å²) >= 11 is 0. The van der Waals surface area contributed by atoms with Crippen molar-refractivity contribution in [1.82, 2.24) is 10.2 Å². The van der Waals surface area contributed by atoms with Gasteiger partial charge in [-0.25, -0.2) is 0 Å². The van der Waals surface area contributed by atoms with Crippen LogP contribution in [-0.2, 0) is 14.3 Å². The van der Waals surface area contributed by atoms with E-state index in [0.29, 0.717) is 12.6 Å². The lowest BCUT2D eigenvalue weighted by Gasteiger charge is -2.35. The molecule has 6 heteroatoms. The number of methoxy groups -OCH3 is 1. The Morgan fingerprint density at radius 3 is 3.28 bits per heavy atom. The molecule has 2 heterocycles. The Balaban J connectivity index is 1.69. The number of carbonyl (C=O) groups is 1. The van der Waals surface area contributed by atoms with Gasteiger partial charge >= 0.3 is 0 Å². The largest absolute Gasteiger partial charge is 0.383 e. The van der Waals surface area contributed by atoms with Crippen LogP contribution in [0.25, 0.3) is 0 Å². The smallest absolute Gasteiger partial charge is 0.239 e. The third-order valence-electron chi connectivity index (χ3n) is 3.65. The first-order chi connectivity index (χ1) is 8.70. The second-order valence-electron chi connectivity index (χ2n) is 5.05. The highest BCUT2D eigenvalue weighted by atomic mass is 16.5. The van der Waals surface area contributed by atoms with Gasteiger partial charge in [0.05, 0.1) is 19.3 Å². The molecule has 18 heavy (non-hydrogen) atoms. The summed E-state index contributed by atoms with van der Waals surface area (Å²) in [5.74, 6) is -0.177. The predicted molar refractivity (Wildman–Crippen MR) is 67.2 cm³/mol. The number of hydrogen-bond acceptors (Lipinski definition) is 5. The third-order valence-corrected chi connectivity index (χ3v) is 3.65. The maximum Gasteiger partial charge on any atom is 0.239 e. The molecule has 0 aliphatic carbocycles. The van der Waals surface area contributed by atoms with E-state index in [1.807, 2.05) is 0 Å². The first kappa shape index (κ1) is 13.7. The highest BCUT2D eigenvalue weighted by Crippen LogP contribution is 2.22. The van der Waals surface area contributed by atoms with Crippen molar-refractivity contribution in [3.05, 3.63) is 0 Å². The van der Waals surface area contributed by atoms with E-state index in [1.165, 1.54) is 20.0 Å². The number of morpholine rings is 1. The second-order valence-corrected chi connectivity index (χ2v) is 5.05. The summed E-state index contributed by atoms with van der Waals surface area (Å²) in [6.07, 6.45) is 2.57. The first-order valence-electron chi connectivity index (χ1n) is 6.58. The molecule has 2 aliphatic rings. The summed E-state index contributed by atoms with van der Waals surface area (Å²) in [6.45, 7) is 3.61. The van der Waals surface area contributed by atoms with Crippen molar-refractivity contribution in [3.8, 4) is 0 Å². The number of nitrogens with two attached hydrogens (primary N) is 1. The molecule has 0 aromatic carbocycles. The van der Waals surface area contributed by atoms with Gasteiger partial charge in [0.1, 0.15) is 6.04 Å². The van der Waals surface area contributed by atoms with Crippen molar-refractivity contribution < 1.29 is 14.3 Å². The normalized spacial score (nSPS) is 29.9. The van der Waals surface area contributed by atoms with Gasteiger partial charge in [0.25, 0.3) is 0 Å². The van der Waals surface area contributed by atoms with Crippen molar-refractivity contribution in [2.45, 2.75) is 31.0 Å². The van der Waals surface area contributed by atoms with Gasteiger partial charge < -0.3 is 20.5 Å². The zero-order valence-electron chi connectivity index (χ0n) is 10.9. The second kappa shape index (κ2) is 6.47. The molecule has 0 aromatic rings. The number of fused-ring (bicyclic) bond motifs is 1. The van der Waals surface area contributed by atoms with Gasteiger partial charge in [0, 0.05) is 26.2 Å². The van der Waals surface area contributed by atoms with E-state index in [0.717, 1.165) is 19.7 Å². The topological polar surface area (TPSA) is 76.8 Å². The Bertz CT molecular complexity index is 288. The molecule has 0 spiro atoms. The van der Waals surface area contributed by atoms with Crippen molar-refractivity contribution in [1.29, 1.82) is 0 Å². The molecule has 0 aromatic heterocycles. The maximum absolute atomic E-state index is 11.6. The van der Waals surface area contributed by atoms with Crippen molar-refractivity contribution in [3.63, 3.8) is 0 Å². The Morgan fingerprint density at radius 1 is 1.67 bits per heavy atom. The molecule has 104 valence electrons. The third kappa shape index (κ3) is 3.41. The van der Waals surface area contributed by atoms with Gasteiger partial charge in [-0.2, -0.15) is 0 Å². The van der Waals surface area contributed by atoms with Gasteiger partial charge in [0.15, 0.2) is 0 Å². The summed E-state index contributed by atoms with van der Waals surface area (Å²) in [4.78, 5) is 14.1. The molecule has 3 atom stereocenters. The van der Waals surface area contributed by atoms with Gasteiger partial charge in [-0.15, -0.1) is 0 Å². The van der Waals surface area contributed by atoms with Crippen molar-refractivity contribution >= 4 is 5.91 Å². The Hall–Kier alpha value is -0.690. The molecule has 3 unspecified atom stereocenters. The summed E-state index contributed by atoms with van der Waals surface area (Å²) in [6, 6.07) is -0.00849. The molecular weight excluding hydrogens is 234 g/mol. The van der Waals surface area contributed by atoms with Crippen LogP contribution < -0.4 is 11.1 Å². The number of rotatable bonds is 5. The van der Waals surface area contributed by atoms with E-state index in [-0.39, 0.29) is 18.6 Å². The molecule has 2 aliphatic heterocycles. The number of carbonyl (C=O) groups excluding carboxylic acids is 1. The zero-order valence-corrected chi connectivity index (χ0v) is 10.9. The first-order valence-corrected chi connectivity index (χ1v) is 6.58. The van der Waals surface area contributed by atoms with Crippen LogP contribution in [0.15, 0.2) is 0 Å². The number of ether oxygens (including phenoxy) is 2. The van der Waals surface area contributed by atoms with Gasteiger partial charge in [-0.05, 0) is 19.4 Å². The minimum atomic E-state index is -0.599. The fourth-order valence-corrected chi connectivity index (χ4v) is 2.61. The van der Waals surface area contributed by atoms with Gasteiger partial charge in [-0.3, -0.25) is 9.69 Å². The summed E-state index contributed by atoms with van der Waals surface area (Å²) in [5, 5.41) is 2.82. The quantitative estimate of drug-likeness (QED) is 0.656. The van der Waals surface area contributed by atoms with E-state index < -0.39 is 6.04 Å². The number of nitrogens with zero attached hydrogens (tertiary/aromatic N) is 1. The van der Waals surface area contributed by atoms with Crippen LogP contribution in [0.4, 0.5) is 0 Å². The summed E-state index contributed by atoms with van der Waals surface area (Å²) < 4.78 is 10.6. The van der Waals surface area contributed by atoms with E-state index >= 15 is 0 Å². The highest BCUT2D eigenvalue weighted by Gasteiger charge is 2.32. The molecule has 3 N–H and O–H groups in total. The molecule has 6 nitrogen and oxygen atoms in total. The Kier molecular flexibility index (Phi) is 4.94. The minimum absolute atomic E-state index is 0.0815. The lowest BCUT2D eigenvalue weighted by molar-refractivity contribution is -0.124. The van der Waals surface area contributed by atoms with Crippen LogP contribution >= 0.6 is 0 Å². The predicted octanol–water partition coefficient (Wildman–Crippen LogP) is -1.06. The molecule has 1 amide bonds. The average molecular weight is 257 g/mol. The summed E-state index contributed by atoms with van der Waals surface area (Å²) in [7, 11) is 1.53. The van der Waals surface area contributed by atoms with Crippen molar-refractivity contribution in [2.75, 3.05) is 40.0 Å². The van der Waals surface area contributed by atoms with Crippen LogP contribution in [0.2, 0.25) is 0 Å². The fraction of sp³-hybridized carbons (Fsp3) is 0.917. The molecule has 0 bridgehead atoms. The monoisotopic (exact) mass is 257 g/mol. The van der Waals surface area contributed by atoms with E-state index in [4.69, 9.17) is 15.2 Å². The van der Waals surface area contributed by atoms with Gasteiger partial charge in [0.2, 0.25) is 5.91 Å². The molecule has 2 rings (SSSR count). The Morgan fingerprint density at radius 2 is 2.50 bits per heavy atom.